The van der Waals surface area contributed by atoms with Crippen molar-refractivity contribution in [3.8, 4) is 0 Å². The second-order valence-corrected chi connectivity index (χ2v) is 5.63. The van der Waals surface area contributed by atoms with Gasteiger partial charge in [0.2, 0.25) is 0 Å². The molecule has 2 N–H and O–H groups in total. The number of aliphatic imine (C=N–C) groups is 1. The van der Waals surface area contributed by atoms with Crippen molar-refractivity contribution in [2.24, 2.45) is 10.9 Å². The van der Waals surface area contributed by atoms with Gasteiger partial charge >= 0.3 is 0 Å². The average Bonchev–Trinajstić information content (AvgIpc) is 2.80. The van der Waals surface area contributed by atoms with Gasteiger partial charge in [-0.2, -0.15) is 0 Å². The van der Waals surface area contributed by atoms with Crippen molar-refractivity contribution in [2.45, 2.75) is 26.3 Å². The van der Waals surface area contributed by atoms with Gasteiger partial charge in [0, 0.05) is 7.11 Å². The summed E-state index contributed by atoms with van der Waals surface area (Å²) in [6.45, 7) is 5.46. The lowest BCUT2D eigenvalue weighted by Crippen LogP contribution is -2.26. The van der Waals surface area contributed by atoms with Gasteiger partial charge in [-0.1, -0.05) is 38.1 Å². The summed E-state index contributed by atoms with van der Waals surface area (Å²) in [5, 5.41) is 5.86. The molecule has 1 unspecified atom stereocenters. The van der Waals surface area contributed by atoms with Crippen LogP contribution in [0, 0.1) is 5.92 Å². The second kappa shape index (κ2) is 7.22. The molecule has 1 amide bonds. The van der Waals surface area contributed by atoms with Crippen LogP contribution in [0.3, 0.4) is 0 Å². The summed E-state index contributed by atoms with van der Waals surface area (Å²) in [5.41, 5.74) is 2.25. The van der Waals surface area contributed by atoms with Gasteiger partial charge in [0.25, 0.3) is 5.91 Å². The predicted octanol–water partition coefficient (Wildman–Crippen LogP) is 1.65. The maximum atomic E-state index is 12.0. The number of rotatable bonds is 6. The normalized spacial score (nSPS) is 19.9. The molecule has 114 valence electrons. The lowest BCUT2D eigenvalue weighted by Gasteiger charge is -2.10. The summed E-state index contributed by atoms with van der Waals surface area (Å²) in [7, 11) is 1.63. The van der Waals surface area contributed by atoms with Crippen LogP contribution in [0.1, 0.15) is 31.0 Å². The molecule has 1 aliphatic rings. The van der Waals surface area contributed by atoms with Crippen molar-refractivity contribution in [3.63, 3.8) is 0 Å². The minimum atomic E-state index is -0.362. The number of nitrogens with one attached hydrogen (secondary N) is 2. The van der Waals surface area contributed by atoms with E-state index in [1.165, 1.54) is 5.56 Å². The molecule has 0 spiro atoms. The molecular weight excluding hydrogens is 266 g/mol. The molecule has 0 bridgehead atoms. The molecule has 21 heavy (non-hydrogen) atoms. The SMILES string of the molecule is COCCN=C1NC(=O)C(c2ccc(CC(C)C)cc2)N1. The van der Waals surface area contributed by atoms with Crippen LogP contribution in [-0.4, -0.2) is 32.1 Å². The summed E-state index contributed by atoms with van der Waals surface area (Å²) in [6.07, 6.45) is 1.05. The summed E-state index contributed by atoms with van der Waals surface area (Å²) in [5.74, 6) is 1.08. The van der Waals surface area contributed by atoms with E-state index in [0.717, 1.165) is 12.0 Å². The van der Waals surface area contributed by atoms with Crippen molar-refractivity contribution in [3.05, 3.63) is 35.4 Å². The van der Waals surface area contributed by atoms with E-state index in [-0.39, 0.29) is 11.9 Å². The van der Waals surface area contributed by atoms with Crippen LogP contribution in [0.15, 0.2) is 29.3 Å². The standard InChI is InChI=1S/C16H23N3O2/c1-11(2)10-12-4-6-13(7-5-12)14-15(20)19-16(18-14)17-8-9-21-3/h4-7,11,14H,8-10H2,1-3H3,(H2,17,18,19,20). The fourth-order valence-corrected chi connectivity index (χ4v) is 2.31. The first-order valence-electron chi connectivity index (χ1n) is 7.29. The molecule has 1 aromatic carbocycles. The quantitative estimate of drug-likeness (QED) is 0.783. The van der Waals surface area contributed by atoms with E-state index < -0.39 is 0 Å². The summed E-state index contributed by atoms with van der Waals surface area (Å²) >= 11 is 0. The van der Waals surface area contributed by atoms with Gasteiger partial charge in [0.05, 0.1) is 13.2 Å². The predicted molar refractivity (Wildman–Crippen MR) is 83.2 cm³/mol. The Morgan fingerprint density at radius 3 is 2.62 bits per heavy atom. The largest absolute Gasteiger partial charge is 0.383 e. The molecule has 5 heteroatoms. The van der Waals surface area contributed by atoms with Crippen LogP contribution < -0.4 is 10.6 Å². The minimum absolute atomic E-state index is 0.0669. The van der Waals surface area contributed by atoms with Gasteiger partial charge in [0.15, 0.2) is 5.96 Å². The molecule has 1 fully saturated rings. The lowest BCUT2D eigenvalue weighted by molar-refractivity contribution is -0.120. The van der Waals surface area contributed by atoms with E-state index in [4.69, 9.17) is 4.74 Å². The fourth-order valence-electron chi connectivity index (χ4n) is 2.31. The Morgan fingerprint density at radius 2 is 2.00 bits per heavy atom. The van der Waals surface area contributed by atoms with Gasteiger partial charge in [0.1, 0.15) is 6.04 Å². The molecule has 1 aliphatic heterocycles. The number of carbonyl (C=O) groups excluding carboxylic acids is 1. The van der Waals surface area contributed by atoms with Crippen LogP contribution in [0.5, 0.6) is 0 Å². The van der Waals surface area contributed by atoms with E-state index in [1.54, 1.807) is 7.11 Å². The number of guanidine groups is 1. The first-order chi connectivity index (χ1) is 10.1. The zero-order valence-electron chi connectivity index (χ0n) is 12.8. The smallest absolute Gasteiger partial charge is 0.253 e. The average molecular weight is 289 g/mol. The molecule has 0 saturated carbocycles. The molecule has 1 heterocycles. The molecule has 1 atom stereocenters. The van der Waals surface area contributed by atoms with Gasteiger partial charge in [-0.3, -0.25) is 15.1 Å². The maximum absolute atomic E-state index is 12.0. The number of carbonyl (C=O) groups is 1. The highest BCUT2D eigenvalue weighted by atomic mass is 16.5. The lowest BCUT2D eigenvalue weighted by atomic mass is 9.99. The van der Waals surface area contributed by atoms with E-state index in [2.05, 4.69) is 41.6 Å². The molecule has 0 radical (unpaired) electrons. The highest BCUT2D eigenvalue weighted by molar-refractivity contribution is 6.06. The van der Waals surface area contributed by atoms with Gasteiger partial charge in [-0.05, 0) is 23.5 Å². The zero-order valence-corrected chi connectivity index (χ0v) is 12.8. The van der Waals surface area contributed by atoms with Crippen LogP contribution in [-0.2, 0) is 16.0 Å². The van der Waals surface area contributed by atoms with E-state index in [0.29, 0.717) is 25.0 Å². The first-order valence-corrected chi connectivity index (χ1v) is 7.29. The Morgan fingerprint density at radius 1 is 1.29 bits per heavy atom. The third-order valence-electron chi connectivity index (χ3n) is 3.31. The fraction of sp³-hybridized carbons (Fsp3) is 0.500. The van der Waals surface area contributed by atoms with Crippen molar-refractivity contribution >= 4 is 11.9 Å². The number of hydrogen-bond donors (Lipinski definition) is 2. The molecule has 1 saturated heterocycles. The minimum Gasteiger partial charge on any atom is -0.383 e. The Bertz CT molecular complexity index is 509. The van der Waals surface area contributed by atoms with Crippen LogP contribution in [0.2, 0.25) is 0 Å². The summed E-state index contributed by atoms with van der Waals surface area (Å²) in [4.78, 5) is 16.2. The molecule has 0 aliphatic carbocycles. The second-order valence-electron chi connectivity index (χ2n) is 5.63. The number of amides is 1. The Hall–Kier alpha value is -1.88. The number of nitrogens with zero attached hydrogens (tertiary/aromatic N) is 1. The van der Waals surface area contributed by atoms with Crippen LogP contribution >= 0.6 is 0 Å². The highest BCUT2D eigenvalue weighted by Crippen LogP contribution is 2.18. The maximum Gasteiger partial charge on any atom is 0.253 e. The van der Waals surface area contributed by atoms with Gasteiger partial charge < -0.3 is 10.1 Å². The number of ether oxygens (including phenoxy) is 1. The molecule has 2 rings (SSSR count). The Kier molecular flexibility index (Phi) is 5.33. The first kappa shape index (κ1) is 15.5. The van der Waals surface area contributed by atoms with Crippen LogP contribution in [0.25, 0.3) is 0 Å². The van der Waals surface area contributed by atoms with E-state index >= 15 is 0 Å². The third-order valence-corrected chi connectivity index (χ3v) is 3.31. The van der Waals surface area contributed by atoms with Crippen molar-refractivity contribution in [2.75, 3.05) is 20.3 Å². The van der Waals surface area contributed by atoms with Crippen molar-refractivity contribution < 1.29 is 9.53 Å². The van der Waals surface area contributed by atoms with Gasteiger partial charge in [-0.25, -0.2) is 0 Å². The van der Waals surface area contributed by atoms with Crippen LogP contribution in [0.4, 0.5) is 0 Å². The highest BCUT2D eigenvalue weighted by Gasteiger charge is 2.29. The van der Waals surface area contributed by atoms with Crippen molar-refractivity contribution in [1.29, 1.82) is 0 Å². The zero-order chi connectivity index (χ0) is 15.2. The number of methoxy groups -OCH3 is 1. The molecule has 0 aromatic heterocycles. The topological polar surface area (TPSA) is 62.7 Å². The van der Waals surface area contributed by atoms with E-state index in [9.17, 15) is 4.79 Å². The Labute approximate surface area is 125 Å². The van der Waals surface area contributed by atoms with Gasteiger partial charge in [-0.15, -0.1) is 0 Å². The summed E-state index contributed by atoms with van der Waals surface area (Å²) in [6, 6.07) is 7.83. The van der Waals surface area contributed by atoms with Crippen molar-refractivity contribution in [1.82, 2.24) is 10.6 Å². The summed E-state index contributed by atoms with van der Waals surface area (Å²) < 4.78 is 4.94. The van der Waals surface area contributed by atoms with E-state index in [1.807, 2.05) is 12.1 Å². The molecular formula is C16H23N3O2. The number of hydrogen-bond acceptors (Lipinski definition) is 3. The Balaban J connectivity index is 2.01. The monoisotopic (exact) mass is 289 g/mol. The number of benzene rings is 1. The third kappa shape index (κ3) is 4.29. The molecule has 5 nitrogen and oxygen atoms in total. The molecule has 1 aromatic rings.